The molecular formula is C11H15ClFNO. The van der Waals surface area contributed by atoms with Crippen molar-refractivity contribution in [2.45, 2.75) is 25.8 Å². The van der Waals surface area contributed by atoms with Gasteiger partial charge in [-0.3, -0.25) is 0 Å². The van der Waals surface area contributed by atoms with Crippen LogP contribution in [-0.4, -0.2) is 12.6 Å². The van der Waals surface area contributed by atoms with Crippen molar-refractivity contribution in [3.05, 3.63) is 28.5 Å². The van der Waals surface area contributed by atoms with Crippen molar-refractivity contribution < 1.29 is 9.13 Å². The zero-order valence-electron chi connectivity index (χ0n) is 9.10. The highest BCUT2D eigenvalue weighted by Gasteiger charge is 2.18. The van der Waals surface area contributed by atoms with Crippen LogP contribution >= 0.6 is 11.6 Å². The van der Waals surface area contributed by atoms with Gasteiger partial charge in [0.2, 0.25) is 0 Å². The fraction of sp³-hybridized carbons (Fsp3) is 0.455. The van der Waals surface area contributed by atoms with E-state index >= 15 is 0 Å². The lowest BCUT2D eigenvalue weighted by atomic mass is 9.96. The third-order valence-corrected chi connectivity index (χ3v) is 2.16. The molecule has 0 saturated heterocycles. The maximum absolute atomic E-state index is 13.7. The van der Waals surface area contributed by atoms with Gasteiger partial charge in [-0.05, 0) is 31.9 Å². The molecule has 0 aromatic heterocycles. The number of benzene rings is 1. The Kier molecular flexibility index (Phi) is 3.58. The quantitative estimate of drug-likeness (QED) is 0.868. The summed E-state index contributed by atoms with van der Waals surface area (Å²) in [6, 6.07) is 3.03. The highest BCUT2D eigenvalue weighted by atomic mass is 35.5. The van der Waals surface area contributed by atoms with E-state index in [4.69, 9.17) is 22.1 Å². The van der Waals surface area contributed by atoms with Gasteiger partial charge in [0, 0.05) is 16.6 Å². The number of halogens is 2. The van der Waals surface area contributed by atoms with Crippen LogP contribution in [-0.2, 0) is 6.42 Å². The van der Waals surface area contributed by atoms with Crippen LogP contribution in [0.5, 0.6) is 5.75 Å². The predicted octanol–water partition coefficient (Wildman–Crippen LogP) is 2.77. The van der Waals surface area contributed by atoms with Gasteiger partial charge in [-0.25, -0.2) is 4.39 Å². The number of rotatable bonds is 3. The van der Waals surface area contributed by atoms with Gasteiger partial charge in [-0.2, -0.15) is 0 Å². The molecule has 0 heterocycles. The highest BCUT2D eigenvalue weighted by molar-refractivity contribution is 6.30. The normalized spacial score (nSPS) is 11.6. The van der Waals surface area contributed by atoms with Crippen LogP contribution in [0.25, 0.3) is 0 Å². The molecule has 0 atom stereocenters. The molecule has 15 heavy (non-hydrogen) atoms. The van der Waals surface area contributed by atoms with Gasteiger partial charge in [0.1, 0.15) is 0 Å². The van der Waals surface area contributed by atoms with E-state index in [0.717, 1.165) is 0 Å². The van der Waals surface area contributed by atoms with Gasteiger partial charge in [0.05, 0.1) is 7.11 Å². The van der Waals surface area contributed by atoms with Crippen LogP contribution in [0.2, 0.25) is 5.02 Å². The second-order valence-corrected chi connectivity index (χ2v) is 4.68. The molecule has 1 aromatic carbocycles. The molecule has 0 unspecified atom stereocenters. The van der Waals surface area contributed by atoms with Gasteiger partial charge < -0.3 is 10.5 Å². The average Bonchev–Trinajstić information content (AvgIpc) is 2.08. The van der Waals surface area contributed by atoms with Crippen molar-refractivity contribution in [3.8, 4) is 5.75 Å². The van der Waals surface area contributed by atoms with E-state index < -0.39 is 5.54 Å². The summed E-state index contributed by atoms with van der Waals surface area (Å²) in [4.78, 5) is 0. The molecule has 0 amide bonds. The number of nitrogens with two attached hydrogens (primary N) is 1. The minimum absolute atomic E-state index is 0.154. The Labute approximate surface area is 94.2 Å². The summed E-state index contributed by atoms with van der Waals surface area (Å²) in [5.41, 5.74) is 5.83. The molecule has 1 aromatic rings. The molecule has 0 aliphatic heterocycles. The van der Waals surface area contributed by atoms with E-state index in [0.29, 0.717) is 17.0 Å². The van der Waals surface area contributed by atoms with Crippen LogP contribution in [0.1, 0.15) is 19.4 Å². The molecule has 0 spiro atoms. The zero-order chi connectivity index (χ0) is 11.6. The largest absolute Gasteiger partial charge is 0.494 e. The second kappa shape index (κ2) is 4.37. The van der Waals surface area contributed by atoms with Gasteiger partial charge in [-0.1, -0.05) is 11.6 Å². The zero-order valence-corrected chi connectivity index (χ0v) is 9.86. The number of ether oxygens (including phenoxy) is 1. The minimum atomic E-state index is -0.476. The molecule has 84 valence electrons. The topological polar surface area (TPSA) is 35.2 Å². The average molecular weight is 232 g/mol. The Balaban J connectivity index is 3.12. The molecule has 0 fully saturated rings. The van der Waals surface area contributed by atoms with Crippen molar-refractivity contribution in [3.63, 3.8) is 0 Å². The van der Waals surface area contributed by atoms with E-state index in [9.17, 15) is 4.39 Å². The van der Waals surface area contributed by atoms with Crippen molar-refractivity contribution >= 4 is 11.6 Å². The van der Waals surface area contributed by atoms with E-state index in [1.54, 1.807) is 6.07 Å². The SMILES string of the molecule is COc1cc(Cl)cc(CC(C)(C)N)c1F. The van der Waals surface area contributed by atoms with E-state index in [-0.39, 0.29) is 11.6 Å². The lowest BCUT2D eigenvalue weighted by Crippen LogP contribution is -2.34. The van der Waals surface area contributed by atoms with E-state index in [1.165, 1.54) is 13.2 Å². The lowest BCUT2D eigenvalue weighted by Gasteiger charge is -2.19. The highest BCUT2D eigenvalue weighted by Crippen LogP contribution is 2.27. The molecule has 0 saturated carbocycles. The van der Waals surface area contributed by atoms with Crippen LogP contribution in [0.3, 0.4) is 0 Å². The monoisotopic (exact) mass is 231 g/mol. The Morgan fingerprint density at radius 3 is 2.53 bits per heavy atom. The summed E-state index contributed by atoms with van der Waals surface area (Å²) in [5.74, 6) is -0.234. The third-order valence-electron chi connectivity index (χ3n) is 1.95. The first-order chi connectivity index (χ1) is 6.83. The smallest absolute Gasteiger partial charge is 0.168 e. The number of hydrogen-bond acceptors (Lipinski definition) is 2. The van der Waals surface area contributed by atoms with Crippen LogP contribution in [0.4, 0.5) is 4.39 Å². The summed E-state index contributed by atoms with van der Waals surface area (Å²) >= 11 is 5.84. The first kappa shape index (κ1) is 12.3. The minimum Gasteiger partial charge on any atom is -0.494 e. The molecule has 2 nitrogen and oxygen atoms in total. The van der Waals surface area contributed by atoms with E-state index in [2.05, 4.69) is 0 Å². The van der Waals surface area contributed by atoms with Gasteiger partial charge >= 0.3 is 0 Å². The van der Waals surface area contributed by atoms with Crippen LogP contribution < -0.4 is 10.5 Å². The summed E-state index contributed by atoms with van der Waals surface area (Å²) in [7, 11) is 1.41. The number of hydrogen-bond donors (Lipinski definition) is 1. The van der Waals surface area contributed by atoms with Crippen molar-refractivity contribution in [2.24, 2.45) is 5.73 Å². The summed E-state index contributed by atoms with van der Waals surface area (Å²) in [5, 5.41) is 0.451. The molecule has 1 rings (SSSR count). The Morgan fingerprint density at radius 1 is 1.47 bits per heavy atom. The Hall–Kier alpha value is -0.800. The molecule has 2 N–H and O–H groups in total. The Morgan fingerprint density at radius 2 is 2.07 bits per heavy atom. The van der Waals surface area contributed by atoms with Gasteiger partial charge in [0.15, 0.2) is 11.6 Å². The fourth-order valence-corrected chi connectivity index (χ4v) is 1.62. The fourth-order valence-electron chi connectivity index (χ4n) is 1.39. The first-order valence-electron chi connectivity index (χ1n) is 4.64. The third kappa shape index (κ3) is 3.36. The molecule has 0 bridgehead atoms. The predicted molar refractivity (Wildman–Crippen MR) is 59.9 cm³/mol. The standard InChI is InChI=1S/C11H15ClFNO/c1-11(2,14)6-7-4-8(12)5-9(15-3)10(7)13/h4-5H,6,14H2,1-3H3. The summed E-state index contributed by atoms with van der Waals surface area (Å²) in [6.45, 7) is 3.67. The Bertz CT molecular complexity index is 360. The molecule has 0 aliphatic carbocycles. The first-order valence-corrected chi connectivity index (χ1v) is 5.02. The van der Waals surface area contributed by atoms with Crippen molar-refractivity contribution in [1.82, 2.24) is 0 Å². The van der Waals surface area contributed by atoms with E-state index in [1.807, 2.05) is 13.8 Å². The summed E-state index contributed by atoms with van der Waals surface area (Å²) < 4.78 is 18.6. The molecule has 4 heteroatoms. The molecule has 0 aliphatic rings. The van der Waals surface area contributed by atoms with Crippen molar-refractivity contribution in [1.29, 1.82) is 0 Å². The van der Waals surface area contributed by atoms with Crippen LogP contribution in [0.15, 0.2) is 12.1 Å². The second-order valence-electron chi connectivity index (χ2n) is 4.25. The molecule has 0 radical (unpaired) electrons. The van der Waals surface area contributed by atoms with Crippen LogP contribution in [0, 0.1) is 5.82 Å². The maximum atomic E-state index is 13.7. The van der Waals surface area contributed by atoms with Crippen molar-refractivity contribution in [2.75, 3.05) is 7.11 Å². The summed E-state index contributed by atoms with van der Waals surface area (Å²) in [6.07, 6.45) is 0.412. The molecular weight excluding hydrogens is 217 g/mol. The lowest BCUT2D eigenvalue weighted by molar-refractivity contribution is 0.381. The number of methoxy groups -OCH3 is 1. The van der Waals surface area contributed by atoms with Gasteiger partial charge in [-0.15, -0.1) is 0 Å². The maximum Gasteiger partial charge on any atom is 0.168 e. The van der Waals surface area contributed by atoms with Gasteiger partial charge in [0.25, 0.3) is 0 Å².